The number of nitrogens with zero attached hydrogens (tertiary/aromatic N) is 1. The van der Waals surface area contributed by atoms with Crippen LogP contribution in [0.4, 0.5) is 0 Å². The molecule has 0 radical (unpaired) electrons. The summed E-state index contributed by atoms with van der Waals surface area (Å²) in [6, 6.07) is 0. The van der Waals surface area contributed by atoms with Gasteiger partial charge in [-0.3, -0.25) is 0 Å². The predicted octanol–water partition coefficient (Wildman–Crippen LogP) is 2.45. The number of hydrogen-bond donors (Lipinski definition) is 0. The normalized spacial score (nSPS) is 17.1. The van der Waals surface area contributed by atoms with E-state index in [2.05, 4.69) is 4.99 Å². The highest BCUT2D eigenvalue weighted by Crippen LogP contribution is 2.07. The van der Waals surface area contributed by atoms with Gasteiger partial charge in [0.2, 0.25) is 5.90 Å². The Morgan fingerprint density at radius 3 is 2.50 bits per heavy atom. The van der Waals surface area contributed by atoms with E-state index >= 15 is 0 Å². The van der Waals surface area contributed by atoms with Crippen LogP contribution in [0.5, 0.6) is 0 Å². The first kappa shape index (κ1) is 8.78. The molecule has 0 aromatic carbocycles. The van der Waals surface area contributed by atoms with Gasteiger partial charge in [0.25, 0.3) is 0 Å². The number of aliphatic imine (C=N–C) groups is 1. The van der Waals surface area contributed by atoms with Crippen molar-refractivity contribution >= 4 is 5.90 Å². The van der Waals surface area contributed by atoms with Crippen molar-refractivity contribution in [1.82, 2.24) is 0 Å². The van der Waals surface area contributed by atoms with Crippen LogP contribution in [-0.2, 0) is 4.74 Å². The van der Waals surface area contributed by atoms with E-state index in [-0.39, 0.29) is 0 Å². The molecule has 1 aliphatic rings. The van der Waals surface area contributed by atoms with Crippen molar-refractivity contribution in [1.29, 1.82) is 0 Å². The Morgan fingerprint density at radius 1 is 1.17 bits per heavy atom. The maximum absolute atomic E-state index is 5.12. The van der Waals surface area contributed by atoms with Gasteiger partial charge >= 0.3 is 0 Å². The molecule has 0 atom stereocenters. The Morgan fingerprint density at radius 2 is 1.83 bits per heavy atom. The highest BCUT2D eigenvalue weighted by molar-refractivity contribution is 5.93. The zero-order valence-corrected chi connectivity index (χ0v) is 7.66. The van der Waals surface area contributed by atoms with Crippen LogP contribution in [0.3, 0.4) is 0 Å². The Hall–Kier alpha value is -1.31. The van der Waals surface area contributed by atoms with Gasteiger partial charge in [0, 0.05) is 11.3 Å². The van der Waals surface area contributed by atoms with Gasteiger partial charge < -0.3 is 4.74 Å². The largest absolute Gasteiger partial charge is 0.481 e. The molecular weight excluding hydrogens is 150 g/mol. The summed E-state index contributed by atoms with van der Waals surface area (Å²) in [5.41, 5.74) is 2.00. The van der Waals surface area contributed by atoms with Crippen LogP contribution in [0.1, 0.15) is 13.8 Å². The van der Waals surface area contributed by atoms with Gasteiger partial charge in [-0.1, -0.05) is 18.2 Å². The number of allylic oxidation sites excluding steroid dienone is 5. The molecule has 64 valence electrons. The van der Waals surface area contributed by atoms with Crippen LogP contribution >= 0.6 is 0 Å². The Kier molecular flexibility index (Phi) is 2.86. The zero-order valence-electron chi connectivity index (χ0n) is 7.66. The minimum Gasteiger partial charge on any atom is -0.481 e. The Bertz CT molecular complexity index is 282. The van der Waals surface area contributed by atoms with E-state index in [1.807, 2.05) is 38.2 Å². The topological polar surface area (TPSA) is 21.6 Å². The van der Waals surface area contributed by atoms with Gasteiger partial charge in [0.15, 0.2) is 0 Å². The van der Waals surface area contributed by atoms with Gasteiger partial charge in [-0.15, -0.1) is 0 Å². The first-order valence-electron chi connectivity index (χ1n) is 3.89. The summed E-state index contributed by atoms with van der Waals surface area (Å²) in [5.74, 6) is 0.688. The molecule has 2 nitrogen and oxygen atoms in total. The molecule has 0 aromatic rings. The van der Waals surface area contributed by atoms with Gasteiger partial charge in [-0.2, -0.15) is 0 Å². The molecule has 0 saturated heterocycles. The molecule has 1 heterocycles. The molecule has 0 aliphatic carbocycles. The Labute approximate surface area is 73.0 Å². The number of methoxy groups -OCH3 is 1. The fraction of sp³-hybridized carbons (Fsp3) is 0.300. The third-order valence-corrected chi connectivity index (χ3v) is 1.60. The fourth-order valence-electron chi connectivity index (χ4n) is 0.958. The van der Waals surface area contributed by atoms with E-state index in [9.17, 15) is 0 Å². The maximum Gasteiger partial charge on any atom is 0.216 e. The van der Waals surface area contributed by atoms with Crippen molar-refractivity contribution in [3.8, 4) is 0 Å². The van der Waals surface area contributed by atoms with Crippen LogP contribution < -0.4 is 0 Å². The van der Waals surface area contributed by atoms with Crippen LogP contribution in [0.2, 0.25) is 0 Å². The second kappa shape index (κ2) is 3.90. The average Bonchev–Trinajstić information content (AvgIpc) is 2.05. The van der Waals surface area contributed by atoms with Gasteiger partial charge in [-0.25, -0.2) is 4.99 Å². The molecule has 0 aromatic heterocycles. The first-order valence-corrected chi connectivity index (χ1v) is 3.89. The predicted molar refractivity (Wildman–Crippen MR) is 51.1 cm³/mol. The lowest BCUT2D eigenvalue weighted by atomic mass is 10.2. The second-order valence-corrected chi connectivity index (χ2v) is 2.66. The van der Waals surface area contributed by atoms with Crippen LogP contribution in [0.15, 0.2) is 40.6 Å². The standard InChI is InChI=1S/C10H13NO/c1-8-6-4-5-7-9(2)11-10(8)12-3/h4-7H,1-3H3. The highest BCUT2D eigenvalue weighted by atomic mass is 16.5. The van der Waals surface area contributed by atoms with Crippen molar-refractivity contribution in [2.45, 2.75) is 13.8 Å². The third-order valence-electron chi connectivity index (χ3n) is 1.60. The smallest absolute Gasteiger partial charge is 0.216 e. The van der Waals surface area contributed by atoms with E-state index in [1.54, 1.807) is 7.11 Å². The molecule has 0 amide bonds. The summed E-state index contributed by atoms with van der Waals surface area (Å²) in [5, 5.41) is 0. The monoisotopic (exact) mass is 163 g/mol. The van der Waals surface area contributed by atoms with E-state index in [0.717, 1.165) is 11.3 Å². The van der Waals surface area contributed by atoms with Crippen molar-refractivity contribution in [2.75, 3.05) is 7.11 Å². The lowest BCUT2D eigenvalue weighted by Gasteiger charge is -2.05. The average molecular weight is 163 g/mol. The lowest BCUT2D eigenvalue weighted by Crippen LogP contribution is -2.03. The summed E-state index contributed by atoms with van der Waals surface area (Å²) in [6.07, 6.45) is 7.87. The number of rotatable bonds is 0. The van der Waals surface area contributed by atoms with Crippen LogP contribution in [0.25, 0.3) is 0 Å². The van der Waals surface area contributed by atoms with Gasteiger partial charge in [0.1, 0.15) is 0 Å². The molecule has 0 N–H and O–H groups in total. The lowest BCUT2D eigenvalue weighted by molar-refractivity contribution is 0.403. The van der Waals surface area contributed by atoms with E-state index in [1.165, 1.54) is 0 Å². The fourth-order valence-corrected chi connectivity index (χ4v) is 0.958. The minimum absolute atomic E-state index is 0.688. The molecule has 0 bridgehead atoms. The summed E-state index contributed by atoms with van der Waals surface area (Å²) < 4.78 is 5.12. The summed E-state index contributed by atoms with van der Waals surface area (Å²) in [4.78, 5) is 4.27. The van der Waals surface area contributed by atoms with Gasteiger partial charge in [0.05, 0.1) is 7.11 Å². The molecule has 1 rings (SSSR count). The maximum atomic E-state index is 5.12. The SMILES string of the molecule is COC1=NC(C)=CC=CC=C1C. The molecule has 2 heteroatoms. The summed E-state index contributed by atoms with van der Waals surface area (Å²) in [7, 11) is 1.63. The van der Waals surface area contributed by atoms with E-state index in [4.69, 9.17) is 4.74 Å². The minimum atomic E-state index is 0.688. The summed E-state index contributed by atoms with van der Waals surface area (Å²) in [6.45, 7) is 3.92. The van der Waals surface area contributed by atoms with Crippen molar-refractivity contribution in [3.05, 3.63) is 35.6 Å². The molecule has 0 spiro atoms. The Balaban J connectivity index is 3.00. The van der Waals surface area contributed by atoms with E-state index < -0.39 is 0 Å². The van der Waals surface area contributed by atoms with E-state index in [0.29, 0.717) is 5.90 Å². The molecule has 0 fully saturated rings. The second-order valence-electron chi connectivity index (χ2n) is 2.66. The van der Waals surface area contributed by atoms with Crippen molar-refractivity contribution in [2.24, 2.45) is 4.99 Å². The van der Waals surface area contributed by atoms with Crippen LogP contribution in [0, 0.1) is 0 Å². The summed E-state index contributed by atoms with van der Waals surface area (Å²) >= 11 is 0. The number of ether oxygens (including phenoxy) is 1. The molecule has 0 unspecified atom stereocenters. The number of hydrogen-bond acceptors (Lipinski definition) is 2. The molecule has 12 heavy (non-hydrogen) atoms. The van der Waals surface area contributed by atoms with Crippen molar-refractivity contribution in [3.63, 3.8) is 0 Å². The first-order chi connectivity index (χ1) is 5.74. The zero-order chi connectivity index (χ0) is 8.97. The highest BCUT2D eigenvalue weighted by Gasteiger charge is 2.01. The third kappa shape index (κ3) is 2.09. The molecular formula is C10H13NO. The van der Waals surface area contributed by atoms with Gasteiger partial charge in [-0.05, 0) is 19.9 Å². The molecule has 1 aliphatic heterocycles. The van der Waals surface area contributed by atoms with Crippen LogP contribution in [-0.4, -0.2) is 13.0 Å². The molecule has 0 saturated carbocycles. The quantitative estimate of drug-likeness (QED) is 0.537. The van der Waals surface area contributed by atoms with Crippen molar-refractivity contribution < 1.29 is 4.74 Å².